The number of hydrogen-bond acceptors (Lipinski definition) is 7. The standard InChI is InChI=1S/C22H39N7O7/c1-3-12(2)17(23)19(33)27-13(8-9-16(30)31)18(32)28-14(6-4-10-26-22(24)25)20(34)29-11-5-7-15(29)21(35)36/h12-15,17H,3-11,23H2,1-2H3,(H,27,33)(H,28,32)(H,30,31)(H,35,36)(H4,24,25,26). The summed E-state index contributed by atoms with van der Waals surface area (Å²) in [5, 5.41) is 23.6. The lowest BCUT2D eigenvalue weighted by Crippen LogP contribution is -2.57. The van der Waals surface area contributed by atoms with Crippen LogP contribution in [0.25, 0.3) is 0 Å². The van der Waals surface area contributed by atoms with Crippen LogP contribution in [0, 0.1) is 5.92 Å². The molecule has 0 spiro atoms. The maximum atomic E-state index is 13.2. The van der Waals surface area contributed by atoms with Gasteiger partial charge in [-0.15, -0.1) is 0 Å². The van der Waals surface area contributed by atoms with E-state index in [1.807, 2.05) is 6.92 Å². The molecule has 0 aromatic rings. The summed E-state index contributed by atoms with van der Waals surface area (Å²) < 4.78 is 0. The number of nitrogens with zero attached hydrogens (tertiary/aromatic N) is 2. The number of aliphatic carboxylic acids is 2. The summed E-state index contributed by atoms with van der Waals surface area (Å²) in [6, 6.07) is -4.30. The smallest absolute Gasteiger partial charge is 0.326 e. The number of carbonyl (C=O) groups excluding carboxylic acids is 3. The molecular formula is C22H39N7O7. The predicted molar refractivity (Wildman–Crippen MR) is 130 cm³/mol. The number of rotatable bonds is 15. The van der Waals surface area contributed by atoms with E-state index >= 15 is 0 Å². The van der Waals surface area contributed by atoms with Gasteiger partial charge >= 0.3 is 11.9 Å². The van der Waals surface area contributed by atoms with Crippen LogP contribution in [0.4, 0.5) is 0 Å². The van der Waals surface area contributed by atoms with E-state index in [1.165, 1.54) is 4.90 Å². The maximum absolute atomic E-state index is 13.2. The Labute approximate surface area is 210 Å². The number of nitrogens with two attached hydrogens (primary N) is 3. The second-order valence-electron chi connectivity index (χ2n) is 8.94. The minimum atomic E-state index is -1.26. The number of carbonyl (C=O) groups is 5. The number of likely N-dealkylation sites (tertiary alicyclic amines) is 1. The summed E-state index contributed by atoms with van der Waals surface area (Å²) in [6.07, 6.45) is 1.17. The van der Waals surface area contributed by atoms with E-state index in [-0.39, 0.29) is 37.8 Å². The largest absolute Gasteiger partial charge is 0.481 e. The van der Waals surface area contributed by atoms with E-state index < -0.39 is 60.2 Å². The Bertz CT molecular complexity index is 832. The van der Waals surface area contributed by atoms with Crippen LogP contribution in [-0.2, 0) is 24.0 Å². The minimum Gasteiger partial charge on any atom is -0.481 e. The molecule has 204 valence electrons. The van der Waals surface area contributed by atoms with Crippen molar-refractivity contribution in [3.05, 3.63) is 0 Å². The lowest BCUT2D eigenvalue weighted by atomic mass is 9.98. The summed E-state index contributed by atoms with van der Waals surface area (Å²) in [7, 11) is 0. The van der Waals surface area contributed by atoms with Gasteiger partial charge in [-0.1, -0.05) is 20.3 Å². The normalized spacial score (nSPS) is 18.4. The van der Waals surface area contributed by atoms with Crippen LogP contribution in [-0.4, -0.2) is 88.0 Å². The lowest BCUT2D eigenvalue weighted by Gasteiger charge is -2.29. The van der Waals surface area contributed by atoms with Crippen molar-refractivity contribution in [1.29, 1.82) is 0 Å². The van der Waals surface area contributed by atoms with Crippen LogP contribution >= 0.6 is 0 Å². The second kappa shape index (κ2) is 14.9. The SMILES string of the molecule is CCC(C)C(N)C(=O)NC(CCC(=O)O)C(=O)NC(CCCN=C(N)N)C(=O)N1CCCC1C(=O)O. The summed E-state index contributed by atoms with van der Waals surface area (Å²) in [4.78, 5) is 66.7. The highest BCUT2D eigenvalue weighted by Crippen LogP contribution is 2.20. The molecule has 0 aromatic heterocycles. The molecule has 10 N–H and O–H groups in total. The molecule has 36 heavy (non-hydrogen) atoms. The van der Waals surface area contributed by atoms with Gasteiger partial charge in [0.1, 0.15) is 18.1 Å². The highest BCUT2D eigenvalue weighted by atomic mass is 16.4. The lowest BCUT2D eigenvalue weighted by molar-refractivity contribution is -0.149. The van der Waals surface area contributed by atoms with Crippen molar-refractivity contribution in [2.45, 2.75) is 83.0 Å². The first-order valence-corrected chi connectivity index (χ1v) is 12.1. The van der Waals surface area contributed by atoms with Crippen molar-refractivity contribution in [2.75, 3.05) is 13.1 Å². The van der Waals surface area contributed by atoms with Gasteiger partial charge in [0.2, 0.25) is 17.7 Å². The van der Waals surface area contributed by atoms with Crippen molar-refractivity contribution in [1.82, 2.24) is 15.5 Å². The predicted octanol–water partition coefficient (Wildman–Crippen LogP) is -1.68. The molecule has 1 rings (SSSR count). The van der Waals surface area contributed by atoms with Gasteiger partial charge in [-0.25, -0.2) is 4.79 Å². The third-order valence-electron chi connectivity index (χ3n) is 6.22. The van der Waals surface area contributed by atoms with Crippen LogP contribution in [0.3, 0.4) is 0 Å². The van der Waals surface area contributed by atoms with Gasteiger partial charge in [0.25, 0.3) is 0 Å². The van der Waals surface area contributed by atoms with Gasteiger partial charge in [-0.3, -0.25) is 24.2 Å². The van der Waals surface area contributed by atoms with E-state index in [1.54, 1.807) is 6.92 Å². The van der Waals surface area contributed by atoms with Gasteiger partial charge in [-0.05, 0) is 38.0 Å². The Morgan fingerprint density at radius 1 is 1.06 bits per heavy atom. The average molecular weight is 514 g/mol. The second-order valence-corrected chi connectivity index (χ2v) is 8.94. The number of hydrogen-bond donors (Lipinski definition) is 7. The van der Waals surface area contributed by atoms with Gasteiger partial charge in [0.15, 0.2) is 5.96 Å². The summed E-state index contributed by atoms with van der Waals surface area (Å²) in [5.74, 6) is -4.60. The first-order chi connectivity index (χ1) is 16.9. The summed E-state index contributed by atoms with van der Waals surface area (Å²) >= 11 is 0. The molecule has 1 aliphatic rings. The van der Waals surface area contributed by atoms with E-state index in [0.29, 0.717) is 25.7 Å². The van der Waals surface area contributed by atoms with Crippen LogP contribution in [0.15, 0.2) is 4.99 Å². The highest BCUT2D eigenvalue weighted by Gasteiger charge is 2.38. The van der Waals surface area contributed by atoms with Gasteiger partial charge in [-0.2, -0.15) is 0 Å². The topological polar surface area (TPSA) is 244 Å². The Balaban J connectivity index is 3.08. The van der Waals surface area contributed by atoms with E-state index in [0.717, 1.165) is 0 Å². The monoisotopic (exact) mass is 513 g/mol. The van der Waals surface area contributed by atoms with E-state index in [2.05, 4.69) is 15.6 Å². The number of carboxylic acid groups (broad SMARTS) is 2. The summed E-state index contributed by atoms with van der Waals surface area (Å²) in [5.41, 5.74) is 16.6. The molecule has 14 heteroatoms. The molecule has 0 aromatic carbocycles. The number of aliphatic imine (C=N–C) groups is 1. The highest BCUT2D eigenvalue weighted by molar-refractivity contribution is 5.94. The molecule has 0 aliphatic carbocycles. The Morgan fingerprint density at radius 2 is 1.69 bits per heavy atom. The van der Waals surface area contributed by atoms with Gasteiger partial charge in [0, 0.05) is 19.5 Å². The zero-order valence-electron chi connectivity index (χ0n) is 20.8. The van der Waals surface area contributed by atoms with Crippen molar-refractivity contribution >= 4 is 35.6 Å². The molecule has 1 saturated heterocycles. The van der Waals surface area contributed by atoms with Crippen LogP contribution in [0.5, 0.6) is 0 Å². The van der Waals surface area contributed by atoms with Crippen LogP contribution < -0.4 is 27.8 Å². The van der Waals surface area contributed by atoms with Gasteiger partial charge < -0.3 is 42.9 Å². The fraction of sp³-hybridized carbons (Fsp3) is 0.727. The average Bonchev–Trinajstić information content (AvgIpc) is 3.31. The third-order valence-corrected chi connectivity index (χ3v) is 6.22. The number of nitrogens with one attached hydrogen (secondary N) is 2. The Hall–Kier alpha value is -3.42. The van der Waals surface area contributed by atoms with E-state index in [4.69, 9.17) is 22.3 Å². The maximum Gasteiger partial charge on any atom is 0.326 e. The molecule has 14 nitrogen and oxygen atoms in total. The molecule has 1 fully saturated rings. The zero-order chi connectivity index (χ0) is 27.4. The van der Waals surface area contributed by atoms with Crippen LogP contribution in [0.2, 0.25) is 0 Å². The molecule has 5 unspecified atom stereocenters. The molecule has 5 atom stereocenters. The first kappa shape index (κ1) is 30.6. The molecular weight excluding hydrogens is 474 g/mol. The van der Waals surface area contributed by atoms with Crippen molar-refractivity contribution in [3.63, 3.8) is 0 Å². The third kappa shape index (κ3) is 9.68. The first-order valence-electron chi connectivity index (χ1n) is 12.1. The van der Waals surface area contributed by atoms with Gasteiger partial charge in [0.05, 0.1) is 6.04 Å². The van der Waals surface area contributed by atoms with E-state index in [9.17, 15) is 29.1 Å². The number of guanidine groups is 1. The Kier molecular flexibility index (Phi) is 12.6. The fourth-order valence-corrected chi connectivity index (χ4v) is 3.84. The molecule has 1 heterocycles. The molecule has 1 aliphatic heterocycles. The van der Waals surface area contributed by atoms with Crippen molar-refractivity contribution < 1.29 is 34.2 Å². The minimum absolute atomic E-state index is 0.0934. The molecule has 0 bridgehead atoms. The zero-order valence-corrected chi connectivity index (χ0v) is 20.8. The number of carboxylic acids is 2. The Morgan fingerprint density at radius 3 is 2.25 bits per heavy atom. The number of amides is 3. The molecule has 3 amide bonds. The molecule has 0 saturated carbocycles. The van der Waals surface area contributed by atoms with Crippen molar-refractivity contribution in [3.8, 4) is 0 Å². The fourth-order valence-electron chi connectivity index (χ4n) is 3.84. The molecule has 0 radical (unpaired) electrons. The van der Waals surface area contributed by atoms with Crippen LogP contribution in [0.1, 0.15) is 58.8 Å². The van der Waals surface area contributed by atoms with Crippen molar-refractivity contribution in [2.24, 2.45) is 28.1 Å². The summed E-state index contributed by atoms with van der Waals surface area (Å²) in [6.45, 7) is 4.02. The quantitative estimate of drug-likeness (QED) is 0.0744.